The minimum atomic E-state index is -0.433. The highest BCUT2D eigenvalue weighted by Gasteiger charge is 2.11. The molecule has 0 fully saturated rings. The summed E-state index contributed by atoms with van der Waals surface area (Å²) >= 11 is 0. The molecule has 2 rings (SSSR count). The van der Waals surface area contributed by atoms with Gasteiger partial charge < -0.3 is 9.64 Å². The summed E-state index contributed by atoms with van der Waals surface area (Å²) in [6.45, 7) is 0.413. The maximum Gasteiger partial charge on any atom is 0.222 e. The van der Waals surface area contributed by atoms with E-state index < -0.39 is 5.82 Å². The Morgan fingerprint density at radius 2 is 1.74 bits per heavy atom. The molecule has 122 valence electrons. The predicted molar refractivity (Wildman–Crippen MR) is 84.1 cm³/mol. The number of rotatable bonds is 6. The fraction of sp³-hybridized carbons (Fsp3) is 0.278. The van der Waals surface area contributed by atoms with Gasteiger partial charge in [-0.05, 0) is 41.8 Å². The molecule has 0 bridgehead atoms. The van der Waals surface area contributed by atoms with Crippen LogP contribution in [0.2, 0.25) is 0 Å². The smallest absolute Gasteiger partial charge is 0.222 e. The van der Waals surface area contributed by atoms with E-state index in [1.54, 1.807) is 36.2 Å². The van der Waals surface area contributed by atoms with Crippen LogP contribution >= 0.6 is 0 Å². The van der Waals surface area contributed by atoms with Crippen LogP contribution < -0.4 is 4.74 Å². The summed E-state index contributed by atoms with van der Waals surface area (Å²) < 4.78 is 31.3. The van der Waals surface area contributed by atoms with Gasteiger partial charge in [0.05, 0.1) is 7.11 Å². The Morgan fingerprint density at radius 3 is 2.35 bits per heavy atom. The molecule has 0 atom stereocenters. The molecular weight excluding hydrogens is 300 g/mol. The molecule has 0 saturated carbocycles. The third-order valence-electron chi connectivity index (χ3n) is 3.60. The molecule has 0 aliphatic heterocycles. The minimum absolute atomic E-state index is 0.0504. The molecule has 23 heavy (non-hydrogen) atoms. The van der Waals surface area contributed by atoms with Crippen LogP contribution in [0.15, 0.2) is 42.5 Å². The van der Waals surface area contributed by atoms with Gasteiger partial charge in [-0.25, -0.2) is 8.78 Å². The van der Waals surface area contributed by atoms with Crippen molar-refractivity contribution in [2.24, 2.45) is 0 Å². The number of amides is 1. The van der Waals surface area contributed by atoms with E-state index in [2.05, 4.69) is 0 Å². The van der Waals surface area contributed by atoms with E-state index in [4.69, 9.17) is 4.74 Å². The maximum atomic E-state index is 13.6. The number of halogens is 2. The lowest BCUT2D eigenvalue weighted by Crippen LogP contribution is -2.26. The van der Waals surface area contributed by atoms with Crippen molar-refractivity contribution in [3.05, 3.63) is 65.2 Å². The maximum absolute atomic E-state index is 13.6. The van der Waals surface area contributed by atoms with Crippen LogP contribution in [0, 0.1) is 11.6 Å². The first kappa shape index (κ1) is 16.9. The zero-order chi connectivity index (χ0) is 16.8. The summed E-state index contributed by atoms with van der Waals surface area (Å²) in [6.07, 6.45) is 0.733. The number of carbonyl (C=O) groups excluding carboxylic acids is 1. The summed E-state index contributed by atoms with van der Waals surface area (Å²) in [5, 5.41) is 0. The molecule has 0 spiro atoms. The summed E-state index contributed by atoms with van der Waals surface area (Å²) in [5.74, 6) is -0.597. The molecule has 1 amide bonds. The topological polar surface area (TPSA) is 29.5 Å². The molecule has 0 aliphatic carbocycles. The Labute approximate surface area is 134 Å². The van der Waals surface area contributed by atoms with E-state index in [0.717, 1.165) is 11.1 Å². The number of benzene rings is 2. The molecule has 0 heterocycles. The van der Waals surface area contributed by atoms with Gasteiger partial charge in [0.15, 0.2) is 11.6 Å². The van der Waals surface area contributed by atoms with Gasteiger partial charge in [-0.15, -0.1) is 0 Å². The van der Waals surface area contributed by atoms with E-state index in [1.165, 1.54) is 25.3 Å². The first-order valence-electron chi connectivity index (χ1n) is 7.30. The second kappa shape index (κ2) is 7.72. The standard InChI is InChI=1S/C18H19F2NO2/c1-21(12-14-3-7-15(19)8-4-14)18(22)10-6-13-5-9-17(23-2)16(20)11-13/h3-5,7-9,11H,6,10,12H2,1-2H3. The van der Waals surface area contributed by atoms with Crippen LogP contribution in [0.4, 0.5) is 8.78 Å². The average Bonchev–Trinajstić information content (AvgIpc) is 2.54. The van der Waals surface area contributed by atoms with Crippen LogP contribution in [0.25, 0.3) is 0 Å². The molecule has 0 aliphatic rings. The van der Waals surface area contributed by atoms with E-state index in [0.29, 0.717) is 13.0 Å². The molecule has 0 aromatic heterocycles. The van der Waals surface area contributed by atoms with Gasteiger partial charge >= 0.3 is 0 Å². The summed E-state index contributed by atoms with van der Waals surface area (Å²) in [5.41, 5.74) is 1.60. The molecule has 3 nitrogen and oxygen atoms in total. The minimum Gasteiger partial charge on any atom is -0.494 e. The molecule has 2 aromatic carbocycles. The van der Waals surface area contributed by atoms with Gasteiger partial charge in [0.2, 0.25) is 5.91 Å². The number of carbonyl (C=O) groups is 1. The van der Waals surface area contributed by atoms with E-state index in [9.17, 15) is 13.6 Å². The largest absolute Gasteiger partial charge is 0.494 e. The summed E-state index contributed by atoms with van der Waals surface area (Å²) in [7, 11) is 3.10. The van der Waals surface area contributed by atoms with Crippen LogP contribution in [-0.4, -0.2) is 25.0 Å². The lowest BCUT2D eigenvalue weighted by molar-refractivity contribution is -0.130. The van der Waals surface area contributed by atoms with Crippen LogP contribution in [0.5, 0.6) is 5.75 Å². The zero-order valence-electron chi connectivity index (χ0n) is 13.2. The van der Waals surface area contributed by atoms with E-state index >= 15 is 0 Å². The van der Waals surface area contributed by atoms with Crippen LogP contribution in [0.1, 0.15) is 17.5 Å². The first-order chi connectivity index (χ1) is 11.0. The van der Waals surface area contributed by atoms with Crippen molar-refractivity contribution in [1.82, 2.24) is 4.90 Å². The Hall–Kier alpha value is -2.43. The number of methoxy groups -OCH3 is 1. The lowest BCUT2D eigenvalue weighted by atomic mass is 10.1. The van der Waals surface area contributed by atoms with Crippen molar-refractivity contribution >= 4 is 5.91 Å². The highest BCUT2D eigenvalue weighted by Crippen LogP contribution is 2.18. The lowest BCUT2D eigenvalue weighted by Gasteiger charge is -2.17. The van der Waals surface area contributed by atoms with Crippen molar-refractivity contribution in [2.75, 3.05) is 14.2 Å². The molecule has 5 heteroatoms. The van der Waals surface area contributed by atoms with Gasteiger partial charge in [-0.3, -0.25) is 4.79 Å². The summed E-state index contributed by atoms with van der Waals surface area (Å²) in [4.78, 5) is 13.7. The van der Waals surface area contributed by atoms with Gasteiger partial charge in [0, 0.05) is 20.0 Å². The number of hydrogen-bond acceptors (Lipinski definition) is 2. The van der Waals surface area contributed by atoms with Gasteiger partial charge in [0.25, 0.3) is 0 Å². The highest BCUT2D eigenvalue weighted by atomic mass is 19.1. The summed E-state index contributed by atoms with van der Waals surface area (Å²) in [6, 6.07) is 10.7. The van der Waals surface area contributed by atoms with Crippen LogP contribution in [-0.2, 0) is 17.8 Å². The molecular formula is C18H19F2NO2. The SMILES string of the molecule is COc1ccc(CCC(=O)N(C)Cc2ccc(F)cc2)cc1F. The Kier molecular flexibility index (Phi) is 5.68. The molecule has 0 unspecified atom stereocenters. The van der Waals surface area contributed by atoms with Crippen LogP contribution in [0.3, 0.4) is 0 Å². The van der Waals surface area contributed by atoms with Crippen molar-refractivity contribution in [1.29, 1.82) is 0 Å². The van der Waals surface area contributed by atoms with Crippen molar-refractivity contribution in [3.63, 3.8) is 0 Å². The normalized spacial score (nSPS) is 10.4. The fourth-order valence-corrected chi connectivity index (χ4v) is 2.26. The Balaban J connectivity index is 1.88. The van der Waals surface area contributed by atoms with E-state index in [1.807, 2.05) is 0 Å². The van der Waals surface area contributed by atoms with Gasteiger partial charge in [-0.1, -0.05) is 18.2 Å². The van der Waals surface area contributed by atoms with Gasteiger partial charge in [-0.2, -0.15) is 0 Å². The Morgan fingerprint density at radius 1 is 1.09 bits per heavy atom. The molecule has 2 aromatic rings. The fourth-order valence-electron chi connectivity index (χ4n) is 2.26. The molecule has 0 saturated heterocycles. The van der Waals surface area contributed by atoms with Gasteiger partial charge in [0.1, 0.15) is 5.82 Å². The number of hydrogen-bond donors (Lipinski definition) is 0. The average molecular weight is 319 g/mol. The highest BCUT2D eigenvalue weighted by molar-refractivity contribution is 5.76. The monoisotopic (exact) mass is 319 g/mol. The number of nitrogens with zero attached hydrogens (tertiary/aromatic N) is 1. The molecule has 0 radical (unpaired) electrons. The first-order valence-corrected chi connectivity index (χ1v) is 7.30. The van der Waals surface area contributed by atoms with Crippen molar-refractivity contribution in [3.8, 4) is 5.75 Å². The predicted octanol–water partition coefficient (Wildman–Crippen LogP) is 3.56. The second-order valence-electron chi connectivity index (χ2n) is 5.35. The van der Waals surface area contributed by atoms with Crippen molar-refractivity contribution in [2.45, 2.75) is 19.4 Å². The Bertz CT molecular complexity index is 671. The molecule has 0 N–H and O–H groups in total. The quantitative estimate of drug-likeness (QED) is 0.815. The third kappa shape index (κ3) is 4.77. The third-order valence-corrected chi connectivity index (χ3v) is 3.60. The zero-order valence-corrected chi connectivity index (χ0v) is 13.2. The second-order valence-corrected chi connectivity index (χ2v) is 5.35. The van der Waals surface area contributed by atoms with Crippen molar-refractivity contribution < 1.29 is 18.3 Å². The van der Waals surface area contributed by atoms with E-state index in [-0.39, 0.29) is 23.9 Å². The number of aryl methyl sites for hydroxylation is 1. The number of ether oxygens (including phenoxy) is 1.